The fourth-order valence-electron chi connectivity index (χ4n) is 2.70. The molecule has 1 aromatic heterocycles. The minimum absolute atomic E-state index is 0.0355. The van der Waals surface area contributed by atoms with E-state index in [0.29, 0.717) is 37.2 Å². The Kier molecular flexibility index (Phi) is 4.79. The van der Waals surface area contributed by atoms with Crippen molar-refractivity contribution in [2.45, 2.75) is 18.9 Å². The first-order valence-corrected chi connectivity index (χ1v) is 7.75. The number of nitrogens with one attached hydrogen (secondary N) is 1. The molecular formula is C17H17FN4O2. The van der Waals surface area contributed by atoms with Gasteiger partial charge in [-0.2, -0.15) is 0 Å². The highest BCUT2D eigenvalue weighted by Gasteiger charge is 2.25. The number of likely N-dealkylation sites (tertiary alicyclic amines) is 1. The summed E-state index contributed by atoms with van der Waals surface area (Å²) < 4.78 is 13.2. The second-order valence-electron chi connectivity index (χ2n) is 5.64. The summed E-state index contributed by atoms with van der Waals surface area (Å²) in [4.78, 5) is 34.0. The van der Waals surface area contributed by atoms with Crippen LogP contribution in [0.25, 0.3) is 0 Å². The van der Waals surface area contributed by atoms with E-state index in [1.54, 1.807) is 11.0 Å². The van der Waals surface area contributed by atoms with Crippen molar-refractivity contribution in [3.05, 3.63) is 59.9 Å². The number of benzene rings is 1. The van der Waals surface area contributed by atoms with E-state index in [-0.39, 0.29) is 17.9 Å². The van der Waals surface area contributed by atoms with Gasteiger partial charge in [-0.1, -0.05) is 6.07 Å². The average molecular weight is 328 g/mol. The number of carbonyl (C=O) groups is 2. The molecule has 2 heterocycles. The van der Waals surface area contributed by atoms with Crippen molar-refractivity contribution in [1.29, 1.82) is 0 Å². The van der Waals surface area contributed by atoms with Crippen molar-refractivity contribution in [3.63, 3.8) is 0 Å². The number of amides is 2. The number of rotatable bonds is 3. The zero-order chi connectivity index (χ0) is 16.9. The molecule has 1 N–H and O–H groups in total. The summed E-state index contributed by atoms with van der Waals surface area (Å²) in [5.74, 6) is -0.891. The van der Waals surface area contributed by atoms with Crippen LogP contribution in [0.4, 0.5) is 4.39 Å². The van der Waals surface area contributed by atoms with Crippen LogP contribution in [0.2, 0.25) is 0 Å². The van der Waals surface area contributed by atoms with Gasteiger partial charge in [0.15, 0.2) is 0 Å². The van der Waals surface area contributed by atoms with E-state index >= 15 is 0 Å². The molecule has 7 heteroatoms. The molecule has 3 rings (SSSR count). The third kappa shape index (κ3) is 3.73. The number of carbonyl (C=O) groups excluding carboxylic acids is 2. The SMILES string of the molecule is O=C(NC1CCN(C(=O)c2cnccn2)CC1)c1cccc(F)c1. The molecule has 0 unspecified atom stereocenters. The molecule has 0 saturated carbocycles. The van der Waals surface area contributed by atoms with Gasteiger partial charge in [0.2, 0.25) is 0 Å². The van der Waals surface area contributed by atoms with Crippen LogP contribution in [0.15, 0.2) is 42.9 Å². The molecule has 1 aliphatic heterocycles. The topological polar surface area (TPSA) is 75.2 Å². The zero-order valence-corrected chi connectivity index (χ0v) is 13.0. The van der Waals surface area contributed by atoms with Crippen LogP contribution in [0.3, 0.4) is 0 Å². The van der Waals surface area contributed by atoms with Crippen molar-refractivity contribution in [1.82, 2.24) is 20.2 Å². The van der Waals surface area contributed by atoms with Crippen LogP contribution in [0, 0.1) is 5.82 Å². The fourth-order valence-corrected chi connectivity index (χ4v) is 2.70. The largest absolute Gasteiger partial charge is 0.349 e. The second kappa shape index (κ2) is 7.16. The van der Waals surface area contributed by atoms with E-state index in [2.05, 4.69) is 15.3 Å². The molecule has 0 radical (unpaired) electrons. The quantitative estimate of drug-likeness (QED) is 0.930. The lowest BCUT2D eigenvalue weighted by atomic mass is 10.0. The summed E-state index contributed by atoms with van der Waals surface area (Å²) >= 11 is 0. The molecular weight excluding hydrogens is 311 g/mol. The van der Waals surface area contributed by atoms with Gasteiger partial charge in [-0.15, -0.1) is 0 Å². The molecule has 0 aliphatic carbocycles. The number of aromatic nitrogens is 2. The van der Waals surface area contributed by atoms with Gasteiger partial charge in [0, 0.05) is 37.1 Å². The minimum Gasteiger partial charge on any atom is -0.349 e. The second-order valence-corrected chi connectivity index (χ2v) is 5.64. The smallest absolute Gasteiger partial charge is 0.274 e. The third-order valence-corrected chi connectivity index (χ3v) is 3.99. The molecule has 1 fully saturated rings. The van der Waals surface area contributed by atoms with Gasteiger partial charge in [-0.05, 0) is 31.0 Å². The highest BCUT2D eigenvalue weighted by Crippen LogP contribution is 2.14. The van der Waals surface area contributed by atoms with Crippen LogP contribution in [0.5, 0.6) is 0 Å². The Balaban J connectivity index is 1.54. The Morgan fingerprint density at radius 2 is 2.00 bits per heavy atom. The Bertz CT molecular complexity index is 730. The lowest BCUT2D eigenvalue weighted by Gasteiger charge is -2.32. The number of hydrogen-bond acceptors (Lipinski definition) is 4. The molecule has 1 saturated heterocycles. The Morgan fingerprint density at radius 3 is 2.67 bits per heavy atom. The van der Waals surface area contributed by atoms with Crippen LogP contribution in [-0.2, 0) is 0 Å². The lowest BCUT2D eigenvalue weighted by Crippen LogP contribution is -2.46. The first-order valence-electron chi connectivity index (χ1n) is 7.75. The van der Waals surface area contributed by atoms with Crippen LogP contribution in [-0.4, -0.2) is 45.8 Å². The maximum absolute atomic E-state index is 13.2. The molecule has 1 aliphatic rings. The van der Waals surface area contributed by atoms with Crippen molar-refractivity contribution < 1.29 is 14.0 Å². The molecule has 2 amide bonds. The van der Waals surface area contributed by atoms with Crippen LogP contribution < -0.4 is 5.32 Å². The van der Waals surface area contributed by atoms with Gasteiger partial charge in [-0.3, -0.25) is 14.6 Å². The minimum atomic E-state index is -0.438. The van der Waals surface area contributed by atoms with Gasteiger partial charge in [0.05, 0.1) is 6.20 Å². The van der Waals surface area contributed by atoms with Crippen LogP contribution >= 0.6 is 0 Å². The molecule has 2 aromatic rings. The highest BCUT2D eigenvalue weighted by molar-refractivity contribution is 5.94. The maximum atomic E-state index is 13.2. The first kappa shape index (κ1) is 16.0. The van der Waals surface area contributed by atoms with Crippen molar-refractivity contribution in [2.75, 3.05) is 13.1 Å². The summed E-state index contributed by atoms with van der Waals surface area (Å²) in [5.41, 5.74) is 0.618. The predicted molar refractivity (Wildman–Crippen MR) is 84.8 cm³/mol. The summed E-state index contributed by atoms with van der Waals surface area (Å²) in [7, 11) is 0. The summed E-state index contributed by atoms with van der Waals surface area (Å²) in [6.07, 6.45) is 5.74. The molecule has 1 aromatic carbocycles. The van der Waals surface area contributed by atoms with Gasteiger partial charge < -0.3 is 10.2 Å². The Morgan fingerprint density at radius 1 is 1.21 bits per heavy atom. The van der Waals surface area contributed by atoms with E-state index < -0.39 is 5.82 Å². The normalized spacial score (nSPS) is 15.1. The molecule has 24 heavy (non-hydrogen) atoms. The van der Waals surface area contributed by atoms with Gasteiger partial charge in [0.1, 0.15) is 11.5 Å². The molecule has 0 spiro atoms. The summed E-state index contributed by atoms with van der Waals surface area (Å²) in [6.45, 7) is 1.06. The maximum Gasteiger partial charge on any atom is 0.274 e. The van der Waals surface area contributed by atoms with Crippen LogP contribution in [0.1, 0.15) is 33.7 Å². The van der Waals surface area contributed by atoms with Gasteiger partial charge >= 0.3 is 0 Å². The van der Waals surface area contributed by atoms with E-state index in [1.807, 2.05) is 0 Å². The van der Waals surface area contributed by atoms with E-state index in [4.69, 9.17) is 0 Å². The van der Waals surface area contributed by atoms with E-state index in [0.717, 1.165) is 0 Å². The molecule has 0 atom stereocenters. The molecule has 6 nitrogen and oxygen atoms in total. The number of piperidine rings is 1. The van der Waals surface area contributed by atoms with Crippen molar-refractivity contribution in [3.8, 4) is 0 Å². The van der Waals surface area contributed by atoms with Gasteiger partial charge in [0.25, 0.3) is 11.8 Å². The number of hydrogen-bond donors (Lipinski definition) is 1. The number of halogens is 1. The monoisotopic (exact) mass is 328 g/mol. The number of nitrogens with zero attached hydrogens (tertiary/aromatic N) is 3. The Hall–Kier alpha value is -2.83. The summed E-state index contributed by atoms with van der Waals surface area (Å²) in [5, 5.41) is 2.89. The Labute approximate surface area is 138 Å². The first-order chi connectivity index (χ1) is 11.6. The average Bonchev–Trinajstić information content (AvgIpc) is 2.62. The van der Waals surface area contributed by atoms with Gasteiger partial charge in [-0.25, -0.2) is 9.37 Å². The highest BCUT2D eigenvalue weighted by atomic mass is 19.1. The van der Waals surface area contributed by atoms with E-state index in [9.17, 15) is 14.0 Å². The van der Waals surface area contributed by atoms with Crippen molar-refractivity contribution >= 4 is 11.8 Å². The van der Waals surface area contributed by atoms with Crippen molar-refractivity contribution in [2.24, 2.45) is 0 Å². The molecule has 0 bridgehead atoms. The third-order valence-electron chi connectivity index (χ3n) is 3.99. The summed E-state index contributed by atoms with van der Waals surface area (Å²) in [6, 6.07) is 5.55. The zero-order valence-electron chi connectivity index (χ0n) is 13.0. The van der Waals surface area contributed by atoms with E-state index in [1.165, 1.54) is 36.8 Å². The standard InChI is InChI=1S/C17H17FN4O2/c18-13-3-1-2-12(10-13)16(23)21-14-4-8-22(9-5-14)17(24)15-11-19-6-7-20-15/h1-3,6-7,10-11,14H,4-5,8-9H2,(H,21,23). The fraction of sp³-hybridized carbons (Fsp3) is 0.294. The molecule has 124 valence electrons. The lowest BCUT2D eigenvalue weighted by molar-refractivity contribution is 0.0692. The predicted octanol–water partition coefficient (Wildman–Crippen LogP) is 1.65.